The van der Waals surface area contributed by atoms with Crippen LogP contribution >= 0.6 is 0 Å². The maximum Gasteiger partial charge on any atom is 0.262 e. The van der Waals surface area contributed by atoms with E-state index in [-0.39, 0.29) is 30.6 Å². The summed E-state index contributed by atoms with van der Waals surface area (Å²) >= 11 is 0. The van der Waals surface area contributed by atoms with Crippen molar-refractivity contribution in [2.45, 2.75) is 6.42 Å². The Labute approximate surface area is 86.3 Å². The smallest absolute Gasteiger partial charge is 0.262 e. The molecule has 0 bridgehead atoms. The van der Waals surface area contributed by atoms with E-state index in [0.717, 1.165) is 5.56 Å². The number of carbonyl (C=O) groups excluding carboxylic acids is 1. The predicted molar refractivity (Wildman–Crippen MR) is 53.0 cm³/mol. The molecule has 0 aromatic heterocycles. The first-order chi connectivity index (χ1) is 7.22. The Bertz CT molecular complexity index is 403. The van der Waals surface area contributed by atoms with Crippen molar-refractivity contribution in [3.8, 4) is 11.5 Å². The van der Waals surface area contributed by atoms with E-state index in [1.807, 2.05) is 0 Å². The number of hydrogen-bond acceptors (Lipinski definition) is 4. The molecule has 80 valence electrons. The molecule has 15 heavy (non-hydrogen) atoms. The van der Waals surface area contributed by atoms with Gasteiger partial charge < -0.3 is 20.3 Å². The molecule has 1 aliphatic rings. The van der Waals surface area contributed by atoms with Crippen molar-refractivity contribution in [3.05, 3.63) is 17.7 Å². The molecule has 0 radical (unpaired) electrons. The van der Waals surface area contributed by atoms with E-state index in [2.05, 4.69) is 5.32 Å². The quantitative estimate of drug-likeness (QED) is 0.610. The molecule has 0 atom stereocenters. The lowest BCUT2D eigenvalue weighted by molar-refractivity contribution is -0.118. The van der Waals surface area contributed by atoms with Crippen LogP contribution in [0.3, 0.4) is 0 Å². The molecule has 0 aliphatic carbocycles. The van der Waals surface area contributed by atoms with E-state index >= 15 is 0 Å². The third-order valence-electron chi connectivity index (χ3n) is 2.21. The molecule has 2 rings (SSSR count). The van der Waals surface area contributed by atoms with Crippen LogP contribution in [0.4, 0.5) is 5.69 Å². The molecule has 0 saturated carbocycles. The van der Waals surface area contributed by atoms with E-state index in [0.29, 0.717) is 12.2 Å². The van der Waals surface area contributed by atoms with Gasteiger partial charge in [0.05, 0.1) is 0 Å². The van der Waals surface area contributed by atoms with Crippen LogP contribution in [-0.4, -0.2) is 29.3 Å². The summed E-state index contributed by atoms with van der Waals surface area (Å²) in [6, 6.07) is 3.14. The first kappa shape index (κ1) is 9.79. The molecule has 0 saturated heterocycles. The van der Waals surface area contributed by atoms with Crippen molar-refractivity contribution >= 4 is 11.6 Å². The molecular formula is C10H11NO4. The van der Waals surface area contributed by atoms with Gasteiger partial charge in [0.2, 0.25) is 0 Å². The number of anilines is 1. The number of ether oxygens (including phenoxy) is 1. The topological polar surface area (TPSA) is 78.8 Å². The van der Waals surface area contributed by atoms with Crippen molar-refractivity contribution in [2.24, 2.45) is 0 Å². The third-order valence-corrected chi connectivity index (χ3v) is 2.21. The lowest BCUT2D eigenvalue weighted by Gasteiger charge is -2.21. The summed E-state index contributed by atoms with van der Waals surface area (Å²) < 4.78 is 5.22. The molecule has 1 aromatic rings. The number of nitrogens with one attached hydrogen (secondary N) is 1. The van der Waals surface area contributed by atoms with Gasteiger partial charge >= 0.3 is 0 Å². The van der Waals surface area contributed by atoms with Crippen LogP contribution in [0, 0.1) is 0 Å². The minimum Gasteiger partial charge on any atom is -0.506 e. The number of carbonyl (C=O) groups is 1. The molecule has 0 spiro atoms. The van der Waals surface area contributed by atoms with E-state index < -0.39 is 0 Å². The van der Waals surface area contributed by atoms with Crippen LogP contribution in [0.1, 0.15) is 5.56 Å². The Morgan fingerprint density at radius 2 is 2.27 bits per heavy atom. The maximum atomic E-state index is 11.1. The van der Waals surface area contributed by atoms with Crippen LogP contribution in [0.2, 0.25) is 0 Å². The number of aliphatic hydroxyl groups excluding tert-OH is 1. The van der Waals surface area contributed by atoms with E-state index in [1.165, 1.54) is 6.07 Å². The van der Waals surface area contributed by atoms with Gasteiger partial charge in [0.25, 0.3) is 5.91 Å². The lowest BCUT2D eigenvalue weighted by atomic mass is 10.1. The van der Waals surface area contributed by atoms with E-state index in [9.17, 15) is 9.90 Å². The Balaban J connectivity index is 2.45. The Kier molecular flexibility index (Phi) is 2.47. The predicted octanol–water partition coefficient (Wildman–Crippen LogP) is 0.258. The average molecular weight is 209 g/mol. The number of aromatic hydroxyl groups is 1. The molecule has 1 aromatic carbocycles. The van der Waals surface area contributed by atoms with Crippen LogP contribution in [0.5, 0.6) is 11.5 Å². The fraction of sp³-hybridized carbons (Fsp3) is 0.300. The highest BCUT2D eigenvalue weighted by molar-refractivity contribution is 5.97. The molecule has 1 amide bonds. The summed E-state index contributed by atoms with van der Waals surface area (Å²) in [6.07, 6.45) is 0.429. The standard InChI is InChI=1S/C10H11NO4/c12-4-3-6-1-2-7(13)9-10(6)15-5-8(14)11-9/h1-2,12-13H,3-5H2,(H,11,14). The zero-order valence-electron chi connectivity index (χ0n) is 7.99. The summed E-state index contributed by atoms with van der Waals surface area (Å²) in [4.78, 5) is 11.1. The fourth-order valence-electron chi connectivity index (χ4n) is 1.53. The van der Waals surface area contributed by atoms with Crippen molar-refractivity contribution < 1.29 is 19.7 Å². The summed E-state index contributed by atoms with van der Waals surface area (Å²) in [7, 11) is 0. The van der Waals surface area contributed by atoms with Crippen molar-refractivity contribution in [2.75, 3.05) is 18.5 Å². The van der Waals surface area contributed by atoms with Gasteiger partial charge in [-0.05, 0) is 18.1 Å². The number of fused-ring (bicyclic) bond motifs is 1. The molecule has 0 fully saturated rings. The zero-order chi connectivity index (χ0) is 10.8. The minimum absolute atomic E-state index is 0.00543. The van der Waals surface area contributed by atoms with Gasteiger partial charge in [-0.15, -0.1) is 0 Å². The summed E-state index contributed by atoms with van der Waals surface area (Å²) in [5.74, 6) is 0.127. The van der Waals surface area contributed by atoms with E-state index in [4.69, 9.17) is 9.84 Å². The number of hydrogen-bond donors (Lipinski definition) is 3. The highest BCUT2D eigenvalue weighted by Crippen LogP contribution is 2.39. The number of aliphatic hydroxyl groups is 1. The highest BCUT2D eigenvalue weighted by Gasteiger charge is 2.21. The number of benzene rings is 1. The average Bonchev–Trinajstić information content (AvgIpc) is 2.23. The summed E-state index contributed by atoms with van der Waals surface area (Å²) in [5, 5.41) is 20.9. The molecular weight excluding hydrogens is 198 g/mol. The SMILES string of the molecule is O=C1COc2c(CCO)ccc(O)c2N1. The first-order valence-corrected chi connectivity index (χ1v) is 4.60. The van der Waals surface area contributed by atoms with Gasteiger partial charge in [-0.2, -0.15) is 0 Å². The third kappa shape index (κ3) is 1.73. The normalized spacial score (nSPS) is 14.1. The summed E-state index contributed by atoms with van der Waals surface area (Å²) in [5.41, 5.74) is 1.06. The lowest BCUT2D eigenvalue weighted by Crippen LogP contribution is -2.26. The molecule has 1 aliphatic heterocycles. The monoisotopic (exact) mass is 209 g/mol. The van der Waals surface area contributed by atoms with Gasteiger partial charge in [0.1, 0.15) is 11.4 Å². The van der Waals surface area contributed by atoms with Gasteiger partial charge in [0, 0.05) is 6.61 Å². The van der Waals surface area contributed by atoms with E-state index in [1.54, 1.807) is 6.07 Å². The van der Waals surface area contributed by atoms with Crippen molar-refractivity contribution in [1.82, 2.24) is 0 Å². The van der Waals surface area contributed by atoms with Gasteiger partial charge in [-0.25, -0.2) is 0 Å². The number of amides is 1. The fourth-order valence-corrected chi connectivity index (χ4v) is 1.53. The van der Waals surface area contributed by atoms with Crippen molar-refractivity contribution in [1.29, 1.82) is 0 Å². The molecule has 5 nitrogen and oxygen atoms in total. The molecule has 5 heteroatoms. The van der Waals surface area contributed by atoms with Crippen LogP contribution in [0.15, 0.2) is 12.1 Å². The Morgan fingerprint density at radius 1 is 1.47 bits per heavy atom. The van der Waals surface area contributed by atoms with Gasteiger partial charge in [0.15, 0.2) is 12.4 Å². The number of phenols is 1. The maximum absolute atomic E-state index is 11.1. The molecule has 3 N–H and O–H groups in total. The second-order valence-electron chi connectivity index (χ2n) is 3.26. The molecule has 1 heterocycles. The summed E-state index contributed by atoms with van der Waals surface area (Å²) in [6.45, 7) is -0.0661. The van der Waals surface area contributed by atoms with Crippen molar-refractivity contribution in [3.63, 3.8) is 0 Å². The second-order valence-corrected chi connectivity index (χ2v) is 3.26. The van der Waals surface area contributed by atoms with Crippen LogP contribution in [-0.2, 0) is 11.2 Å². The first-order valence-electron chi connectivity index (χ1n) is 4.60. The van der Waals surface area contributed by atoms with Crippen LogP contribution in [0.25, 0.3) is 0 Å². The Hall–Kier alpha value is -1.75. The minimum atomic E-state index is -0.293. The zero-order valence-corrected chi connectivity index (χ0v) is 7.99. The Morgan fingerprint density at radius 3 is 3.00 bits per heavy atom. The number of phenolic OH excluding ortho intramolecular Hbond substituents is 1. The second kappa shape index (κ2) is 3.78. The largest absolute Gasteiger partial charge is 0.506 e. The number of rotatable bonds is 2. The van der Waals surface area contributed by atoms with Crippen LogP contribution < -0.4 is 10.1 Å². The molecule has 0 unspecified atom stereocenters. The highest BCUT2D eigenvalue weighted by atomic mass is 16.5. The van der Waals surface area contributed by atoms with Gasteiger partial charge in [-0.3, -0.25) is 4.79 Å². The van der Waals surface area contributed by atoms with Gasteiger partial charge in [-0.1, -0.05) is 6.07 Å².